The van der Waals surface area contributed by atoms with Crippen molar-refractivity contribution in [2.75, 3.05) is 0 Å². The molecule has 15 heavy (non-hydrogen) atoms. The predicted octanol–water partition coefficient (Wildman–Crippen LogP) is 3.90. The van der Waals surface area contributed by atoms with E-state index in [1.165, 1.54) is 0 Å². The maximum Gasteiger partial charge on any atom is 0.328 e. The lowest BCUT2D eigenvalue weighted by atomic mass is 10.1. The van der Waals surface area contributed by atoms with Crippen molar-refractivity contribution in [1.82, 2.24) is 0 Å². The molecule has 0 unspecified atom stereocenters. The van der Waals surface area contributed by atoms with Crippen LogP contribution in [0.4, 0.5) is 0 Å². The molecule has 1 N–H and O–H groups in total. The smallest absolute Gasteiger partial charge is 0.328 e. The first-order chi connectivity index (χ1) is 6.50. The van der Waals surface area contributed by atoms with Gasteiger partial charge in [0.05, 0.1) is 0 Å². The third-order valence-electron chi connectivity index (χ3n) is 1.70. The normalized spacial score (nSPS) is 10.7. The van der Waals surface area contributed by atoms with E-state index in [0.717, 1.165) is 6.08 Å². The lowest BCUT2D eigenvalue weighted by molar-refractivity contribution is -0.131. The van der Waals surface area contributed by atoms with Crippen molar-refractivity contribution in [1.29, 1.82) is 0 Å². The molecule has 0 fully saturated rings. The quantitative estimate of drug-likeness (QED) is 0.825. The molecule has 0 saturated heterocycles. The summed E-state index contributed by atoms with van der Waals surface area (Å²) in [6.45, 7) is 1.68. The Hall–Kier alpha value is -0.700. The Morgan fingerprint density at radius 1 is 1.40 bits per heavy atom. The fourth-order valence-electron chi connectivity index (χ4n) is 1.07. The zero-order valence-electron chi connectivity index (χ0n) is 7.83. The molecule has 1 aromatic carbocycles. The van der Waals surface area contributed by atoms with E-state index in [4.69, 9.17) is 28.3 Å². The number of carbonyl (C=O) groups is 1. The van der Waals surface area contributed by atoms with Gasteiger partial charge in [0, 0.05) is 16.1 Å². The van der Waals surface area contributed by atoms with Gasteiger partial charge in [-0.1, -0.05) is 29.3 Å². The summed E-state index contributed by atoms with van der Waals surface area (Å²) in [5.41, 5.74) is 1.28. The van der Waals surface area contributed by atoms with E-state index in [0.29, 0.717) is 21.2 Å². The Balaban J connectivity index is 0.00000196. The van der Waals surface area contributed by atoms with Crippen molar-refractivity contribution in [3.8, 4) is 0 Å². The van der Waals surface area contributed by atoms with Crippen LogP contribution < -0.4 is 0 Å². The van der Waals surface area contributed by atoms with Crippen LogP contribution in [0.3, 0.4) is 0 Å². The standard InChI is InChI=1S/C10H8Cl2O2.ClH/c1-6(4-10(13)14)8-3-2-7(11)5-9(8)12;/h2-5H,1H3,(H,13,14);1H. The van der Waals surface area contributed by atoms with Crippen molar-refractivity contribution < 1.29 is 9.90 Å². The topological polar surface area (TPSA) is 37.3 Å². The monoisotopic (exact) mass is 266 g/mol. The Morgan fingerprint density at radius 3 is 2.47 bits per heavy atom. The molecule has 0 aliphatic heterocycles. The van der Waals surface area contributed by atoms with Gasteiger partial charge in [0.25, 0.3) is 0 Å². The largest absolute Gasteiger partial charge is 0.478 e. The highest BCUT2D eigenvalue weighted by Gasteiger charge is 2.04. The van der Waals surface area contributed by atoms with Crippen LogP contribution in [0.5, 0.6) is 0 Å². The first kappa shape index (κ1) is 14.3. The minimum absolute atomic E-state index is 0. The number of aliphatic carboxylic acids is 1. The first-order valence-corrected chi connectivity index (χ1v) is 4.63. The second-order valence-corrected chi connectivity index (χ2v) is 3.63. The van der Waals surface area contributed by atoms with Crippen LogP contribution in [0.25, 0.3) is 5.57 Å². The minimum atomic E-state index is -0.992. The zero-order chi connectivity index (χ0) is 10.7. The van der Waals surface area contributed by atoms with Gasteiger partial charge in [-0.25, -0.2) is 4.79 Å². The number of allylic oxidation sites excluding steroid dienone is 1. The average Bonchev–Trinajstić information content (AvgIpc) is 2.01. The molecular weight excluding hydrogens is 258 g/mol. The molecule has 0 aliphatic rings. The molecule has 82 valence electrons. The molecule has 2 nitrogen and oxygen atoms in total. The highest BCUT2D eigenvalue weighted by molar-refractivity contribution is 6.35. The van der Waals surface area contributed by atoms with E-state index in [-0.39, 0.29) is 12.4 Å². The molecule has 0 atom stereocenters. The van der Waals surface area contributed by atoms with Gasteiger partial charge < -0.3 is 5.11 Å². The number of halogens is 3. The second kappa shape index (κ2) is 6.01. The summed E-state index contributed by atoms with van der Waals surface area (Å²) in [6.07, 6.45) is 1.11. The summed E-state index contributed by atoms with van der Waals surface area (Å²) in [5.74, 6) is -0.992. The van der Waals surface area contributed by atoms with Gasteiger partial charge in [0.2, 0.25) is 0 Å². The minimum Gasteiger partial charge on any atom is -0.478 e. The Kier molecular flexibility index (Phi) is 5.73. The maximum atomic E-state index is 10.4. The second-order valence-electron chi connectivity index (χ2n) is 2.79. The van der Waals surface area contributed by atoms with E-state index < -0.39 is 5.97 Å². The fraction of sp³-hybridized carbons (Fsp3) is 0.100. The molecule has 0 heterocycles. The van der Waals surface area contributed by atoms with Crippen LogP contribution in [-0.2, 0) is 4.79 Å². The molecule has 1 aromatic rings. The number of benzene rings is 1. The summed E-state index contributed by atoms with van der Waals surface area (Å²) in [4.78, 5) is 10.4. The number of rotatable bonds is 2. The molecule has 1 rings (SSSR count). The molecule has 0 amide bonds. The van der Waals surface area contributed by atoms with Gasteiger partial charge in [-0.3, -0.25) is 0 Å². The number of carboxylic acids is 1. The lowest BCUT2D eigenvalue weighted by Gasteiger charge is -2.03. The van der Waals surface area contributed by atoms with Crippen molar-refractivity contribution >= 4 is 47.2 Å². The van der Waals surface area contributed by atoms with Crippen LogP contribution in [0.1, 0.15) is 12.5 Å². The summed E-state index contributed by atoms with van der Waals surface area (Å²) >= 11 is 11.6. The highest BCUT2D eigenvalue weighted by Crippen LogP contribution is 2.26. The van der Waals surface area contributed by atoms with Gasteiger partial charge in [0.15, 0.2) is 0 Å². The first-order valence-electron chi connectivity index (χ1n) is 3.87. The summed E-state index contributed by atoms with van der Waals surface area (Å²) < 4.78 is 0. The summed E-state index contributed by atoms with van der Waals surface area (Å²) in [5, 5.41) is 9.53. The van der Waals surface area contributed by atoms with Crippen molar-refractivity contribution in [2.24, 2.45) is 0 Å². The molecule has 0 radical (unpaired) electrons. The van der Waals surface area contributed by atoms with Crippen LogP contribution >= 0.6 is 35.6 Å². The Bertz CT molecular complexity index is 400. The zero-order valence-corrected chi connectivity index (χ0v) is 10.2. The van der Waals surface area contributed by atoms with Crippen molar-refractivity contribution in [2.45, 2.75) is 6.92 Å². The number of hydrogen-bond acceptors (Lipinski definition) is 1. The fourth-order valence-corrected chi connectivity index (χ4v) is 1.63. The molecule has 0 aliphatic carbocycles. The highest BCUT2D eigenvalue weighted by atomic mass is 35.5. The maximum absolute atomic E-state index is 10.4. The van der Waals surface area contributed by atoms with Gasteiger partial charge in [-0.05, 0) is 30.2 Å². The molecule has 0 saturated carbocycles. The molecule has 5 heteroatoms. The molecular formula is C10H9Cl3O2. The Labute approximate surface area is 104 Å². The van der Waals surface area contributed by atoms with Crippen LogP contribution in [-0.4, -0.2) is 11.1 Å². The summed E-state index contributed by atoms with van der Waals surface area (Å²) in [6, 6.07) is 4.94. The number of hydrogen-bond donors (Lipinski definition) is 1. The molecule has 0 spiro atoms. The van der Waals surface area contributed by atoms with Crippen LogP contribution in [0.2, 0.25) is 10.0 Å². The van der Waals surface area contributed by atoms with Gasteiger partial charge >= 0.3 is 5.97 Å². The number of carboxylic acid groups (broad SMARTS) is 1. The van der Waals surface area contributed by atoms with Crippen molar-refractivity contribution in [3.05, 3.63) is 39.9 Å². The lowest BCUT2D eigenvalue weighted by Crippen LogP contribution is -1.90. The predicted molar refractivity (Wildman–Crippen MR) is 65.0 cm³/mol. The van der Waals surface area contributed by atoms with Gasteiger partial charge in [-0.2, -0.15) is 0 Å². The van der Waals surface area contributed by atoms with E-state index in [9.17, 15) is 4.79 Å². The third kappa shape index (κ3) is 4.12. The van der Waals surface area contributed by atoms with E-state index >= 15 is 0 Å². The van der Waals surface area contributed by atoms with E-state index in [2.05, 4.69) is 0 Å². The van der Waals surface area contributed by atoms with Gasteiger partial charge in [-0.15, -0.1) is 12.4 Å². The van der Waals surface area contributed by atoms with E-state index in [1.54, 1.807) is 25.1 Å². The SMILES string of the molecule is CC(=CC(=O)O)c1ccc(Cl)cc1Cl.Cl. The van der Waals surface area contributed by atoms with Gasteiger partial charge in [0.1, 0.15) is 0 Å². The summed E-state index contributed by atoms with van der Waals surface area (Å²) in [7, 11) is 0. The third-order valence-corrected chi connectivity index (χ3v) is 2.24. The van der Waals surface area contributed by atoms with Crippen molar-refractivity contribution in [3.63, 3.8) is 0 Å². The average molecular weight is 268 g/mol. The van der Waals surface area contributed by atoms with E-state index in [1.807, 2.05) is 0 Å². The molecule has 0 aromatic heterocycles. The molecule has 0 bridgehead atoms. The van der Waals surface area contributed by atoms with Crippen LogP contribution in [0, 0.1) is 0 Å². The van der Waals surface area contributed by atoms with Crippen LogP contribution in [0.15, 0.2) is 24.3 Å². The Morgan fingerprint density at radius 2 is 2.00 bits per heavy atom.